The van der Waals surface area contributed by atoms with E-state index in [1.54, 1.807) is 17.9 Å². The van der Waals surface area contributed by atoms with Crippen molar-refractivity contribution < 1.29 is 18.7 Å². The fourth-order valence-electron chi connectivity index (χ4n) is 1.85. The van der Waals surface area contributed by atoms with Crippen LogP contribution in [-0.4, -0.2) is 36.5 Å². The highest BCUT2D eigenvalue weighted by atomic mass is 19.1. The third kappa shape index (κ3) is 4.99. The molecule has 0 aliphatic heterocycles. The highest BCUT2D eigenvalue weighted by Gasteiger charge is 2.16. The van der Waals surface area contributed by atoms with Crippen LogP contribution in [0, 0.1) is 5.82 Å². The van der Waals surface area contributed by atoms with Crippen LogP contribution in [0.2, 0.25) is 0 Å². The van der Waals surface area contributed by atoms with Gasteiger partial charge in [0.2, 0.25) is 0 Å². The van der Waals surface area contributed by atoms with Crippen molar-refractivity contribution in [2.45, 2.75) is 26.7 Å². The minimum absolute atomic E-state index is 0.148. The second-order valence-electron chi connectivity index (χ2n) is 4.36. The molecule has 1 aromatic carbocycles. The van der Waals surface area contributed by atoms with Crippen LogP contribution in [0.3, 0.4) is 0 Å². The van der Waals surface area contributed by atoms with Gasteiger partial charge in [-0.15, -0.1) is 0 Å². The Morgan fingerprint density at radius 2 is 2.00 bits per heavy atom. The van der Waals surface area contributed by atoms with Gasteiger partial charge in [0.25, 0.3) is 5.91 Å². The van der Waals surface area contributed by atoms with Gasteiger partial charge in [0.1, 0.15) is 5.82 Å². The van der Waals surface area contributed by atoms with E-state index in [0.29, 0.717) is 18.7 Å². The van der Waals surface area contributed by atoms with E-state index >= 15 is 0 Å². The zero-order valence-electron chi connectivity index (χ0n) is 11.9. The maximum absolute atomic E-state index is 13.1. The number of carbonyl (C=O) groups excluding carboxylic acids is 2. The first-order valence-corrected chi connectivity index (χ1v) is 6.79. The van der Waals surface area contributed by atoms with E-state index < -0.39 is 5.82 Å². The third-order valence-electron chi connectivity index (χ3n) is 2.74. The molecule has 20 heavy (non-hydrogen) atoms. The zero-order valence-corrected chi connectivity index (χ0v) is 11.9. The summed E-state index contributed by atoms with van der Waals surface area (Å²) in [5.74, 6) is -1.05. The maximum Gasteiger partial charge on any atom is 0.307 e. The first-order valence-electron chi connectivity index (χ1n) is 6.79. The molecule has 1 rings (SSSR count). The lowest BCUT2D eigenvalue weighted by Crippen LogP contribution is -2.34. The summed E-state index contributed by atoms with van der Waals surface area (Å²) in [4.78, 5) is 25.2. The average Bonchev–Trinajstić information content (AvgIpc) is 2.43. The summed E-state index contributed by atoms with van der Waals surface area (Å²) in [6, 6.07) is 5.56. The number of esters is 1. The Kier molecular flexibility index (Phi) is 6.70. The molecule has 5 heteroatoms. The molecule has 0 spiro atoms. The number of ether oxygens (including phenoxy) is 1. The normalized spacial score (nSPS) is 10.2. The second-order valence-corrected chi connectivity index (χ2v) is 4.36. The highest BCUT2D eigenvalue weighted by Crippen LogP contribution is 2.09. The summed E-state index contributed by atoms with van der Waals surface area (Å²) in [6.07, 6.45) is 0.915. The molecular weight excluding hydrogens is 261 g/mol. The van der Waals surface area contributed by atoms with Crippen molar-refractivity contribution in [1.82, 2.24) is 4.90 Å². The maximum atomic E-state index is 13.1. The third-order valence-corrected chi connectivity index (χ3v) is 2.74. The summed E-state index contributed by atoms with van der Waals surface area (Å²) >= 11 is 0. The first kappa shape index (κ1) is 16.1. The molecule has 1 amide bonds. The van der Waals surface area contributed by atoms with Crippen molar-refractivity contribution in [3.63, 3.8) is 0 Å². The van der Waals surface area contributed by atoms with Crippen molar-refractivity contribution in [3.8, 4) is 0 Å². The Hall–Kier alpha value is -1.91. The van der Waals surface area contributed by atoms with E-state index in [2.05, 4.69) is 0 Å². The standard InChI is InChI=1S/C15H20FNO3/c1-3-9-17(10-8-14(18)20-4-2)15(19)12-6-5-7-13(16)11-12/h5-7,11H,3-4,8-10H2,1-2H3. The highest BCUT2D eigenvalue weighted by molar-refractivity contribution is 5.94. The number of nitrogens with zero attached hydrogens (tertiary/aromatic N) is 1. The number of carbonyl (C=O) groups is 2. The summed E-state index contributed by atoms with van der Waals surface area (Å²) < 4.78 is 18.0. The van der Waals surface area contributed by atoms with Crippen molar-refractivity contribution in [2.75, 3.05) is 19.7 Å². The molecule has 0 heterocycles. The predicted octanol–water partition coefficient (Wildman–Crippen LogP) is 2.63. The van der Waals surface area contributed by atoms with Gasteiger partial charge >= 0.3 is 5.97 Å². The molecule has 0 aliphatic carbocycles. The molecule has 1 aromatic rings. The topological polar surface area (TPSA) is 46.6 Å². The molecule has 0 radical (unpaired) electrons. The Labute approximate surface area is 118 Å². The van der Waals surface area contributed by atoms with E-state index in [1.165, 1.54) is 18.2 Å². The van der Waals surface area contributed by atoms with Crippen molar-refractivity contribution in [2.24, 2.45) is 0 Å². The van der Waals surface area contributed by atoms with E-state index in [-0.39, 0.29) is 24.8 Å². The summed E-state index contributed by atoms with van der Waals surface area (Å²) in [5, 5.41) is 0. The number of halogens is 1. The van der Waals surface area contributed by atoms with Crippen LogP contribution >= 0.6 is 0 Å². The molecule has 0 saturated carbocycles. The molecule has 0 aliphatic rings. The predicted molar refractivity (Wildman–Crippen MR) is 73.8 cm³/mol. The van der Waals surface area contributed by atoms with Gasteiger partial charge in [0.05, 0.1) is 13.0 Å². The van der Waals surface area contributed by atoms with Crippen molar-refractivity contribution in [3.05, 3.63) is 35.6 Å². The number of hydrogen-bond donors (Lipinski definition) is 0. The minimum atomic E-state index is -0.447. The van der Waals surface area contributed by atoms with Gasteiger partial charge in [0.15, 0.2) is 0 Å². The van der Waals surface area contributed by atoms with Crippen LogP contribution in [0.4, 0.5) is 4.39 Å². The van der Waals surface area contributed by atoms with Crippen LogP contribution in [0.25, 0.3) is 0 Å². The number of amides is 1. The van der Waals surface area contributed by atoms with Gasteiger partial charge in [-0.1, -0.05) is 13.0 Å². The van der Waals surface area contributed by atoms with E-state index in [1.807, 2.05) is 6.92 Å². The largest absolute Gasteiger partial charge is 0.466 e. The summed E-state index contributed by atoms with van der Waals surface area (Å²) in [6.45, 7) is 4.80. The SMILES string of the molecule is CCCN(CCC(=O)OCC)C(=O)c1cccc(F)c1. The number of rotatable bonds is 7. The van der Waals surface area contributed by atoms with Crippen LogP contribution in [-0.2, 0) is 9.53 Å². The molecule has 0 bridgehead atoms. The Bertz CT molecular complexity index is 462. The molecule has 0 unspecified atom stereocenters. The van der Waals surface area contributed by atoms with E-state index in [0.717, 1.165) is 6.42 Å². The van der Waals surface area contributed by atoms with E-state index in [4.69, 9.17) is 4.74 Å². The van der Waals surface area contributed by atoms with Gasteiger partial charge in [-0.25, -0.2) is 4.39 Å². The van der Waals surface area contributed by atoms with Crippen LogP contribution in [0.15, 0.2) is 24.3 Å². The molecule has 110 valence electrons. The van der Waals surface area contributed by atoms with Gasteiger partial charge in [-0.2, -0.15) is 0 Å². The molecule has 0 fully saturated rings. The molecule has 0 saturated heterocycles. The molecule has 0 atom stereocenters. The van der Waals surface area contributed by atoms with Gasteiger partial charge < -0.3 is 9.64 Å². The van der Waals surface area contributed by atoms with E-state index in [9.17, 15) is 14.0 Å². The van der Waals surface area contributed by atoms with Crippen molar-refractivity contribution in [1.29, 1.82) is 0 Å². The van der Waals surface area contributed by atoms with Crippen LogP contribution in [0.5, 0.6) is 0 Å². The monoisotopic (exact) mass is 281 g/mol. The lowest BCUT2D eigenvalue weighted by atomic mass is 10.2. The lowest BCUT2D eigenvalue weighted by molar-refractivity contribution is -0.143. The fraction of sp³-hybridized carbons (Fsp3) is 0.467. The molecule has 4 nitrogen and oxygen atoms in total. The average molecular weight is 281 g/mol. The summed E-state index contributed by atoms with van der Waals surface area (Å²) in [5.41, 5.74) is 0.294. The second kappa shape index (κ2) is 8.30. The Morgan fingerprint density at radius 3 is 2.60 bits per heavy atom. The van der Waals surface area contributed by atoms with Gasteiger partial charge in [-0.05, 0) is 31.5 Å². The lowest BCUT2D eigenvalue weighted by Gasteiger charge is -2.21. The number of benzene rings is 1. The Morgan fingerprint density at radius 1 is 1.25 bits per heavy atom. The fourth-order valence-corrected chi connectivity index (χ4v) is 1.85. The van der Waals surface area contributed by atoms with Crippen molar-refractivity contribution >= 4 is 11.9 Å². The molecular formula is C15H20FNO3. The Balaban J connectivity index is 2.69. The minimum Gasteiger partial charge on any atom is -0.466 e. The first-order chi connectivity index (χ1) is 9.58. The van der Waals surface area contributed by atoms with Gasteiger partial charge in [-0.3, -0.25) is 9.59 Å². The quantitative estimate of drug-likeness (QED) is 0.722. The van der Waals surface area contributed by atoms with Crippen LogP contribution in [0.1, 0.15) is 37.0 Å². The number of hydrogen-bond acceptors (Lipinski definition) is 3. The molecule has 0 aromatic heterocycles. The smallest absolute Gasteiger partial charge is 0.307 e. The summed E-state index contributed by atoms with van der Waals surface area (Å²) in [7, 11) is 0. The molecule has 0 N–H and O–H groups in total. The van der Waals surface area contributed by atoms with Gasteiger partial charge in [0, 0.05) is 18.7 Å². The zero-order chi connectivity index (χ0) is 15.0. The van der Waals surface area contributed by atoms with Crippen LogP contribution < -0.4 is 0 Å².